The summed E-state index contributed by atoms with van der Waals surface area (Å²) in [6, 6.07) is 14.3. The Bertz CT molecular complexity index is 495. The number of carbonyl (C=O) groups excluding carboxylic acids is 1. The van der Waals surface area contributed by atoms with Crippen LogP contribution in [0.5, 0.6) is 0 Å². The number of aldehydes is 1. The van der Waals surface area contributed by atoms with E-state index in [4.69, 9.17) is 0 Å². The fraction of sp³-hybridized carbons (Fsp3) is 0. The van der Waals surface area contributed by atoms with Crippen molar-refractivity contribution in [3.63, 3.8) is 0 Å². The van der Waals surface area contributed by atoms with Gasteiger partial charge in [-0.25, -0.2) is 4.79 Å². The van der Waals surface area contributed by atoms with E-state index in [1.807, 2.05) is 30.3 Å². The van der Waals surface area contributed by atoms with Crippen LogP contribution >= 0.6 is 0 Å². The van der Waals surface area contributed by atoms with Crippen molar-refractivity contribution >= 4 is 12.4 Å². The third kappa shape index (κ3) is 5.89. The summed E-state index contributed by atoms with van der Waals surface area (Å²) in [5.41, 5.74) is 0.747. The van der Waals surface area contributed by atoms with Gasteiger partial charge in [-0.15, -0.1) is 0 Å². The van der Waals surface area contributed by atoms with Gasteiger partial charge in [0.2, 0.25) is 0 Å². The summed E-state index contributed by atoms with van der Waals surface area (Å²) >= 11 is 0. The van der Waals surface area contributed by atoms with E-state index in [0.717, 1.165) is 11.8 Å². The molecule has 0 aliphatic rings. The summed E-state index contributed by atoms with van der Waals surface area (Å²) in [5, 5.41) is 0. The van der Waals surface area contributed by atoms with Crippen molar-refractivity contribution in [2.75, 3.05) is 0 Å². The summed E-state index contributed by atoms with van der Waals surface area (Å²) in [6.45, 7) is 0. The predicted octanol–water partition coefficient (Wildman–Crippen LogP) is 2.54. The van der Waals surface area contributed by atoms with E-state index in [2.05, 4.69) is 4.42 Å². The smallest absolute Gasteiger partial charge is 0.335 e. The number of allylic oxidation sites excluding steroid dienone is 1. The van der Waals surface area contributed by atoms with Crippen LogP contribution < -0.4 is 5.63 Å². The maximum Gasteiger partial charge on any atom is 0.335 e. The lowest BCUT2D eigenvalue weighted by molar-refractivity contribution is -0.104. The number of rotatable bonds is 2. The Morgan fingerprint density at radius 3 is 2.12 bits per heavy atom. The van der Waals surface area contributed by atoms with Gasteiger partial charge in [-0.3, -0.25) is 4.79 Å². The van der Waals surface area contributed by atoms with Crippen LogP contribution in [-0.4, -0.2) is 6.29 Å². The molecule has 86 valence electrons. The average molecular weight is 228 g/mol. The molecule has 3 nitrogen and oxygen atoms in total. The van der Waals surface area contributed by atoms with E-state index >= 15 is 0 Å². The van der Waals surface area contributed by atoms with Gasteiger partial charge in [-0.1, -0.05) is 42.5 Å². The number of hydrogen-bond donors (Lipinski definition) is 0. The summed E-state index contributed by atoms with van der Waals surface area (Å²) in [4.78, 5) is 20.0. The Balaban J connectivity index is 0.000000181. The molecular weight excluding hydrogens is 216 g/mol. The van der Waals surface area contributed by atoms with Gasteiger partial charge >= 0.3 is 5.63 Å². The minimum Gasteiger partial charge on any atom is -0.431 e. The standard InChI is InChI=1S/C9H8O.C5H4O2/c10-8-4-7-9-5-2-1-3-6-9;6-5-3-1-2-4-7-5/h1-8H;1-4H. The largest absolute Gasteiger partial charge is 0.431 e. The summed E-state index contributed by atoms with van der Waals surface area (Å²) in [6.07, 6.45) is 5.37. The molecule has 0 spiro atoms. The second kappa shape index (κ2) is 7.82. The fourth-order valence-corrected chi connectivity index (χ4v) is 1.04. The summed E-state index contributed by atoms with van der Waals surface area (Å²) in [5.74, 6) is 0. The van der Waals surface area contributed by atoms with E-state index in [1.165, 1.54) is 18.4 Å². The van der Waals surface area contributed by atoms with Crippen LogP contribution in [0.2, 0.25) is 0 Å². The lowest BCUT2D eigenvalue weighted by atomic mass is 10.2. The van der Waals surface area contributed by atoms with E-state index in [-0.39, 0.29) is 5.63 Å². The van der Waals surface area contributed by atoms with Crippen molar-refractivity contribution < 1.29 is 9.21 Å². The summed E-state index contributed by atoms with van der Waals surface area (Å²) < 4.78 is 4.37. The molecule has 0 saturated carbocycles. The highest BCUT2D eigenvalue weighted by Crippen LogP contribution is 1.99. The average Bonchev–Trinajstić information content (AvgIpc) is 2.39. The maximum absolute atomic E-state index is 10.1. The van der Waals surface area contributed by atoms with Crippen LogP contribution in [0, 0.1) is 0 Å². The number of hydrogen-bond acceptors (Lipinski definition) is 3. The van der Waals surface area contributed by atoms with Crippen LogP contribution in [0.3, 0.4) is 0 Å². The van der Waals surface area contributed by atoms with Crippen molar-refractivity contribution in [1.29, 1.82) is 0 Å². The first-order chi connectivity index (χ1) is 8.33. The van der Waals surface area contributed by atoms with E-state index in [1.54, 1.807) is 18.2 Å². The van der Waals surface area contributed by atoms with Gasteiger partial charge < -0.3 is 4.42 Å². The minimum atomic E-state index is -0.303. The molecule has 2 rings (SSSR count). The van der Waals surface area contributed by atoms with Crippen LogP contribution in [-0.2, 0) is 4.79 Å². The Morgan fingerprint density at radius 1 is 0.941 bits per heavy atom. The molecule has 1 aromatic heterocycles. The molecule has 0 N–H and O–H groups in total. The molecule has 0 bridgehead atoms. The first kappa shape index (κ1) is 12.6. The van der Waals surface area contributed by atoms with Gasteiger partial charge in [0.1, 0.15) is 6.29 Å². The zero-order valence-corrected chi connectivity index (χ0v) is 9.15. The predicted molar refractivity (Wildman–Crippen MR) is 66.5 cm³/mol. The monoisotopic (exact) mass is 228 g/mol. The third-order valence-corrected chi connectivity index (χ3v) is 1.77. The van der Waals surface area contributed by atoms with Crippen LogP contribution in [0.15, 0.2) is 70.1 Å². The molecule has 2 aromatic rings. The zero-order chi connectivity index (χ0) is 12.3. The highest BCUT2D eigenvalue weighted by molar-refractivity contribution is 5.73. The Hall–Kier alpha value is -2.42. The topological polar surface area (TPSA) is 47.3 Å². The molecule has 0 amide bonds. The first-order valence-corrected chi connectivity index (χ1v) is 5.03. The molecule has 0 atom stereocenters. The van der Waals surface area contributed by atoms with Crippen molar-refractivity contribution in [1.82, 2.24) is 0 Å². The summed E-state index contributed by atoms with van der Waals surface area (Å²) in [7, 11) is 0. The van der Waals surface area contributed by atoms with Gasteiger partial charge in [0.05, 0.1) is 6.26 Å². The second-order valence-corrected chi connectivity index (χ2v) is 3.03. The highest BCUT2D eigenvalue weighted by Gasteiger charge is 1.79. The van der Waals surface area contributed by atoms with Gasteiger partial charge in [0.15, 0.2) is 0 Å². The van der Waals surface area contributed by atoms with E-state index in [9.17, 15) is 9.59 Å². The lowest BCUT2D eigenvalue weighted by Crippen LogP contribution is -1.90. The molecular formula is C14H12O3. The number of benzene rings is 1. The van der Waals surface area contributed by atoms with Crippen molar-refractivity contribution in [3.05, 3.63) is 76.9 Å². The quantitative estimate of drug-likeness (QED) is 0.586. The van der Waals surface area contributed by atoms with Gasteiger partial charge in [-0.05, 0) is 17.7 Å². The van der Waals surface area contributed by atoms with E-state index in [0.29, 0.717) is 0 Å². The lowest BCUT2D eigenvalue weighted by Gasteiger charge is -1.86. The molecule has 0 unspecified atom stereocenters. The van der Waals surface area contributed by atoms with Crippen LogP contribution in [0.4, 0.5) is 0 Å². The van der Waals surface area contributed by atoms with Gasteiger partial charge in [-0.2, -0.15) is 0 Å². The number of carbonyl (C=O) groups is 1. The third-order valence-electron chi connectivity index (χ3n) is 1.77. The first-order valence-electron chi connectivity index (χ1n) is 5.03. The highest BCUT2D eigenvalue weighted by atomic mass is 16.4. The van der Waals surface area contributed by atoms with Crippen LogP contribution in [0.1, 0.15) is 5.56 Å². The van der Waals surface area contributed by atoms with Gasteiger partial charge in [0, 0.05) is 6.07 Å². The van der Waals surface area contributed by atoms with Crippen LogP contribution in [0.25, 0.3) is 6.08 Å². The van der Waals surface area contributed by atoms with Gasteiger partial charge in [0.25, 0.3) is 0 Å². The Kier molecular flexibility index (Phi) is 5.82. The zero-order valence-electron chi connectivity index (χ0n) is 9.15. The fourth-order valence-electron chi connectivity index (χ4n) is 1.04. The second-order valence-electron chi connectivity index (χ2n) is 3.03. The van der Waals surface area contributed by atoms with Crippen molar-refractivity contribution in [2.45, 2.75) is 0 Å². The molecule has 0 aliphatic heterocycles. The normalized spacial score (nSPS) is 9.41. The Labute approximate surface area is 99.0 Å². The molecule has 3 heteroatoms. The van der Waals surface area contributed by atoms with Crippen molar-refractivity contribution in [2.24, 2.45) is 0 Å². The Morgan fingerprint density at radius 2 is 1.65 bits per heavy atom. The SMILES string of the molecule is O=CC=Cc1ccccc1.O=c1cccco1. The minimum absolute atomic E-state index is 0.303. The molecule has 1 aromatic carbocycles. The van der Waals surface area contributed by atoms with Crippen molar-refractivity contribution in [3.8, 4) is 0 Å². The maximum atomic E-state index is 10.1. The molecule has 0 aliphatic carbocycles. The molecule has 17 heavy (non-hydrogen) atoms. The molecule has 0 radical (unpaired) electrons. The van der Waals surface area contributed by atoms with E-state index < -0.39 is 0 Å². The molecule has 1 heterocycles. The molecule has 0 fully saturated rings. The molecule has 0 saturated heterocycles.